The molecule has 0 radical (unpaired) electrons. The van der Waals surface area contributed by atoms with Crippen molar-refractivity contribution < 1.29 is 13.2 Å². The van der Waals surface area contributed by atoms with Crippen molar-refractivity contribution >= 4 is 32.2 Å². The monoisotopic (exact) mass is 365 g/mol. The second-order valence-corrected chi connectivity index (χ2v) is 9.39. The third-order valence-corrected chi connectivity index (χ3v) is 6.78. The van der Waals surface area contributed by atoms with Gasteiger partial charge in [-0.2, -0.15) is 0 Å². The first-order valence-corrected chi connectivity index (χ1v) is 10.4. The molecule has 0 spiro atoms. The first-order chi connectivity index (χ1) is 11.4. The zero-order chi connectivity index (χ0) is 17.2. The van der Waals surface area contributed by atoms with Crippen molar-refractivity contribution in [3.8, 4) is 0 Å². The Morgan fingerprint density at radius 2 is 1.96 bits per heavy atom. The lowest BCUT2D eigenvalue weighted by Gasteiger charge is -2.20. The van der Waals surface area contributed by atoms with Crippen molar-refractivity contribution in [2.45, 2.75) is 26.2 Å². The summed E-state index contributed by atoms with van der Waals surface area (Å²) in [5.41, 5.74) is 2.38. The summed E-state index contributed by atoms with van der Waals surface area (Å²) in [5, 5.41) is 12.2. The lowest BCUT2D eigenvalue weighted by molar-refractivity contribution is -0.120. The highest BCUT2D eigenvalue weighted by Gasteiger charge is 2.28. The Morgan fingerprint density at radius 1 is 1.25 bits per heavy atom. The summed E-state index contributed by atoms with van der Waals surface area (Å²) in [5.74, 6) is -0.264. The molecule has 0 aliphatic carbocycles. The molecule has 0 bridgehead atoms. The molecule has 0 unspecified atom stereocenters. The van der Waals surface area contributed by atoms with E-state index in [1.54, 1.807) is 0 Å². The number of amides is 1. The maximum Gasteiger partial charge on any atom is 0.229 e. The highest BCUT2D eigenvalue weighted by Crippen LogP contribution is 2.23. The Hall–Kier alpha value is -1.80. The number of benzene rings is 1. The van der Waals surface area contributed by atoms with Crippen LogP contribution in [-0.2, 0) is 21.1 Å². The molecule has 6 nitrogen and oxygen atoms in total. The number of hydrogen-bond acceptors (Lipinski definition) is 6. The summed E-state index contributed by atoms with van der Waals surface area (Å²) in [6.45, 7) is 2.05. The van der Waals surface area contributed by atoms with Crippen LogP contribution in [0.5, 0.6) is 0 Å². The van der Waals surface area contributed by atoms with Gasteiger partial charge in [0, 0.05) is 12.3 Å². The second-order valence-electron chi connectivity index (χ2n) is 6.02. The van der Waals surface area contributed by atoms with Crippen LogP contribution in [-0.4, -0.2) is 36.0 Å². The van der Waals surface area contributed by atoms with Crippen molar-refractivity contribution in [3.05, 3.63) is 40.4 Å². The number of anilines is 1. The van der Waals surface area contributed by atoms with Crippen molar-refractivity contribution in [2.24, 2.45) is 5.92 Å². The van der Waals surface area contributed by atoms with E-state index in [4.69, 9.17) is 0 Å². The van der Waals surface area contributed by atoms with Gasteiger partial charge in [0.2, 0.25) is 11.0 Å². The lowest BCUT2D eigenvalue weighted by atomic mass is 10.0. The molecule has 1 fully saturated rings. The Morgan fingerprint density at radius 3 is 2.67 bits per heavy atom. The SMILES string of the molecule is Cc1ccccc1Cc1nnc(NC(=O)C2CCS(=O)(=O)CC2)s1. The smallest absolute Gasteiger partial charge is 0.229 e. The van der Waals surface area contributed by atoms with Gasteiger partial charge < -0.3 is 5.32 Å². The van der Waals surface area contributed by atoms with E-state index in [1.807, 2.05) is 12.1 Å². The Kier molecular flexibility index (Phi) is 4.96. The van der Waals surface area contributed by atoms with Gasteiger partial charge in [0.05, 0.1) is 11.5 Å². The molecular weight excluding hydrogens is 346 g/mol. The topological polar surface area (TPSA) is 89.0 Å². The summed E-state index contributed by atoms with van der Waals surface area (Å²) in [6.07, 6.45) is 1.44. The number of nitrogens with zero attached hydrogens (tertiary/aromatic N) is 2. The molecule has 1 aliphatic rings. The summed E-state index contributed by atoms with van der Waals surface area (Å²) in [6, 6.07) is 8.09. The normalized spacial score (nSPS) is 17.5. The van der Waals surface area contributed by atoms with Crippen LogP contribution in [0.4, 0.5) is 5.13 Å². The zero-order valence-corrected chi connectivity index (χ0v) is 15.0. The molecule has 1 saturated heterocycles. The molecule has 1 aromatic heterocycles. The van der Waals surface area contributed by atoms with E-state index in [-0.39, 0.29) is 23.3 Å². The molecule has 8 heteroatoms. The van der Waals surface area contributed by atoms with Crippen LogP contribution < -0.4 is 5.32 Å². The van der Waals surface area contributed by atoms with Crippen LogP contribution in [0.1, 0.15) is 29.0 Å². The van der Waals surface area contributed by atoms with E-state index in [0.717, 1.165) is 5.01 Å². The maximum atomic E-state index is 12.2. The average Bonchev–Trinajstić information content (AvgIpc) is 2.96. The number of carbonyl (C=O) groups is 1. The van der Waals surface area contributed by atoms with Gasteiger partial charge in [-0.25, -0.2) is 8.42 Å². The first kappa shape index (κ1) is 17.0. The number of nitrogens with one attached hydrogen (secondary N) is 1. The van der Waals surface area contributed by atoms with Gasteiger partial charge in [-0.05, 0) is 30.9 Å². The molecule has 1 aliphatic heterocycles. The minimum Gasteiger partial charge on any atom is -0.300 e. The van der Waals surface area contributed by atoms with Crippen molar-refractivity contribution in [3.63, 3.8) is 0 Å². The number of aryl methyl sites for hydroxylation is 1. The average molecular weight is 365 g/mol. The third kappa shape index (κ3) is 4.18. The zero-order valence-electron chi connectivity index (χ0n) is 13.4. The van der Waals surface area contributed by atoms with Gasteiger partial charge in [-0.3, -0.25) is 4.79 Å². The summed E-state index contributed by atoms with van der Waals surface area (Å²) in [7, 11) is -2.96. The first-order valence-electron chi connectivity index (χ1n) is 7.81. The fourth-order valence-electron chi connectivity index (χ4n) is 2.71. The van der Waals surface area contributed by atoms with E-state index in [2.05, 4.69) is 34.6 Å². The van der Waals surface area contributed by atoms with Crippen LogP contribution in [0.3, 0.4) is 0 Å². The molecule has 1 aromatic carbocycles. The molecule has 1 amide bonds. The van der Waals surface area contributed by atoms with Gasteiger partial charge in [0.1, 0.15) is 14.8 Å². The number of sulfone groups is 1. The minimum atomic E-state index is -2.96. The quantitative estimate of drug-likeness (QED) is 0.897. The van der Waals surface area contributed by atoms with Crippen LogP contribution >= 0.6 is 11.3 Å². The predicted octanol–water partition coefficient (Wildman–Crippen LogP) is 2.20. The molecule has 2 heterocycles. The molecule has 2 aromatic rings. The van der Waals surface area contributed by atoms with Gasteiger partial charge in [-0.15, -0.1) is 10.2 Å². The van der Waals surface area contributed by atoms with Crippen LogP contribution in [0.15, 0.2) is 24.3 Å². The Labute approximate surface area is 145 Å². The van der Waals surface area contributed by atoms with E-state index in [1.165, 1.54) is 22.5 Å². The Balaban J connectivity index is 1.60. The van der Waals surface area contributed by atoms with Gasteiger partial charge in [-0.1, -0.05) is 35.6 Å². The summed E-state index contributed by atoms with van der Waals surface area (Å²) >= 11 is 1.36. The fourth-order valence-corrected chi connectivity index (χ4v) is 4.96. The third-order valence-electron chi connectivity index (χ3n) is 4.23. The van der Waals surface area contributed by atoms with E-state index < -0.39 is 9.84 Å². The molecule has 24 heavy (non-hydrogen) atoms. The number of aromatic nitrogens is 2. The number of hydrogen-bond donors (Lipinski definition) is 1. The molecule has 1 N–H and O–H groups in total. The number of carbonyl (C=O) groups excluding carboxylic acids is 1. The summed E-state index contributed by atoms with van der Waals surface area (Å²) < 4.78 is 22.9. The molecule has 0 atom stereocenters. The van der Waals surface area contributed by atoms with Crippen LogP contribution in [0, 0.1) is 12.8 Å². The van der Waals surface area contributed by atoms with E-state index in [0.29, 0.717) is 24.4 Å². The van der Waals surface area contributed by atoms with Crippen LogP contribution in [0.2, 0.25) is 0 Å². The number of rotatable bonds is 4. The van der Waals surface area contributed by atoms with E-state index >= 15 is 0 Å². The molecule has 3 rings (SSSR count). The van der Waals surface area contributed by atoms with Crippen molar-refractivity contribution in [2.75, 3.05) is 16.8 Å². The molecule has 128 valence electrons. The summed E-state index contributed by atoms with van der Waals surface area (Å²) in [4.78, 5) is 12.2. The van der Waals surface area contributed by atoms with Gasteiger partial charge in [0.25, 0.3) is 0 Å². The predicted molar refractivity (Wildman–Crippen MR) is 93.9 cm³/mol. The van der Waals surface area contributed by atoms with Gasteiger partial charge >= 0.3 is 0 Å². The Bertz CT molecular complexity index is 832. The fraction of sp³-hybridized carbons (Fsp3) is 0.438. The second kappa shape index (κ2) is 6.98. The minimum absolute atomic E-state index is 0.0831. The van der Waals surface area contributed by atoms with E-state index in [9.17, 15) is 13.2 Å². The lowest BCUT2D eigenvalue weighted by Crippen LogP contribution is -2.31. The molecule has 0 saturated carbocycles. The maximum absolute atomic E-state index is 12.2. The molecular formula is C16H19N3O3S2. The van der Waals surface area contributed by atoms with Crippen molar-refractivity contribution in [1.29, 1.82) is 0 Å². The largest absolute Gasteiger partial charge is 0.300 e. The van der Waals surface area contributed by atoms with Crippen molar-refractivity contribution in [1.82, 2.24) is 10.2 Å². The standard InChI is InChI=1S/C16H19N3O3S2/c1-11-4-2-3-5-13(11)10-14-18-19-16(23-14)17-15(20)12-6-8-24(21,22)9-7-12/h2-5,12H,6-10H2,1H3,(H,17,19,20). The van der Waals surface area contributed by atoms with Gasteiger partial charge in [0.15, 0.2) is 0 Å². The van der Waals surface area contributed by atoms with Crippen LogP contribution in [0.25, 0.3) is 0 Å². The highest BCUT2D eigenvalue weighted by atomic mass is 32.2. The highest BCUT2D eigenvalue weighted by molar-refractivity contribution is 7.91.